The Morgan fingerprint density at radius 1 is 0.743 bits per heavy atom. The zero-order valence-corrected chi connectivity index (χ0v) is 21.1. The van der Waals surface area contributed by atoms with Crippen LogP contribution in [0, 0.1) is 6.92 Å². The van der Waals surface area contributed by atoms with Gasteiger partial charge in [-0.15, -0.1) is 0 Å². The van der Waals surface area contributed by atoms with Crippen molar-refractivity contribution in [3.05, 3.63) is 89.3 Å². The monoisotopic (exact) mass is 481 g/mol. The van der Waals surface area contributed by atoms with Crippen molar-refractivity contribution in [1.82, 2.24) is 14.8 Å². The first-order chi connectivity index (χ1) is 17.1. The Kier molecular flexibility index (Phi) is 6.38. The molecule has 0 fully saturated rings. The fourth-order valence-corrected chi connectivity index (χ4v) is 5.18. The Bertz CT molecular complexity index is 1440. The maximum atomic E-state index is 5.40. The maximum Gasteiger partial charge on any atom is 0.211 e. The molecule has 5 aromatic rings. The third-order valence-electron chi connectivity index (χ3n) is 6.08. The molecule has 0 aliphatic carbocycles. The normalized spacial score (nSPS) is 11.0. The first kappa shape index (κ1) is 22.9. The molecular formula is C29H27N3O2S. The minimum absolute atomic E-state index is 0.824. The van der Waals surface area contributed by atoms with E-state index in [4.69, 9.17) is 19.6 Å². The standard InChI is InChI=1S/C29H27N3O2S/c1-5-25-27(21-11-15-23(33-3)16-12-21)31-32(28(25)22-13-17-24(34-4)18-14-22)29-30-26(19(2)35-29)20-9-7-6-8-10-20/h6-18H,5H2,1-4H3. The van der Waals surface area contributed by atoms with Gasteiger partial charge in [-0.25, -0.2) is 9.67 Å². The molecule has 0 spiro atoms. The van der Waals surface area contributed by atoms with Crippen LogP contribution in [0.3, 0.4) is 0 Å². The summed E-state index contributed by atoms with van der Waals surface area (Å²) in [5, 5.41) is 5.99. The zero-order chi connectivity index (χ0) is 24.4. The van der Waals surface area contributed by atoms with E-state index in [-0.39, 0.29) is 0 Å². The van der Waals surface area contributed by atoms with Crippen LogP contribution in [-0.4, -0.2) is 29.0 Å². The first-order valence-electron chi connectivity index (χ1n) is 11.6. The molecule has 0 radical (unpaired) electrons. The summed E-state index contributed by atoms with van der Waals surface area (Å²) in [7, 11) is 3.36. The van der Waals surface area contributed by atoms with Crippen LogP contribution >= 0.6 is 11.3 Å². The zero-order valence-electron chi connectivity index (χ0n) is 20.3. The summed E-state index contributed by atoms with van der Waals surface area (Å²) in [5.74, 6) is 1.65. The fourth-order valence-electron chi connectivity index (χ4n) is 4.29. The molecule has 0 atom stereocenters. The van der Waals surface area contributed by atoms with Gasteiger partial charge in [0, 0.05) is 27.1 Å². The predicted molar refractivity (Wildman–Crippen MR) is 143 cm³/mol. The van der Waals surface area contributed by atoms with Crippen LogP contribution in [0.2, 0.25) is 0 Å². The molecular weight excluding hydrogens is 454 g/mol. The number of hydrogen-bond acceptors (Lipinski definition) is 5. The van der Waals surface area contributed by atoms with E-state index in [1.54, 1.807) is 25.6 Å². The molecule has 0 amide bonds. The second-order valence-electron chi connectivity index (χ2n) is 8.17. The van der Waals surface area contributed by atoms with Crippen molar-refractivity contribution in [2.45, 2.75) is 20.3 Å². The van der Waals surface area contributed by atoms with Gasteiger partial charge < -0.3 is 9.47 Å². The van der Waals surface area contributed by atoms with Crippen molar-refractivity contribution >= 4 is 11.3 Å². The highest BCUT2D eigenvalue weighted by Crippen LogP contribution is 2.38. The highest BCUT2D eigenvalue weighted by atomic mass is 32.1. The minimum Gasteiger partial charge on any atom is -0.497 e. The molecule has 6 heteroatoms. The van der Waals surface area contributed by atoms with E-state index in [9.17, 15) is 0 Å². The Labute approximate surface area is 209 Å². The molecule has 5 nitrogen and oxygen atoms in total. The molecule has 3 aromatic carbocycles. The SMILES string of the molecule is CCc1c(-c2ccc(OC)cc2)nn(-c2nc(-c3ccccc3)c(C)s2)c1-c1ccc(OC)cc1. The number of rotatable bonds is 7. The quantitative estimate of drug-likeness (QED) is 0.246. The van der Waals surface area contributed by atoms with Gasteiger partial charge >= 0.3 is 0 Å². The van der Waals surface area contributed by atoms with Crippen molar-refractivity contribution < 1.29 is 9.47 Å². The van der Waals surface area contributed by atoms with Crippen LogP contribution in [0.25, 0.3) is 38.9 Å². The van der Waals surface area contributed by atoms with Crippen LogP contribution in [0.15, 0.2) is 78.9 Å². The second kappa shape index (κ2) is 9.76. The summed E-state index contributed by atoms with van der Waals surface area (Å²) in [6.07, 6.45) is 0.832. The van der Waals surface area contributed by atoms with Crippen molar-refractivity contribution in [3.63, 3.8) is 0 Å². The molecule has 35 heavy (non-hydrogen) atoms. The molecule has 176 valence electrons. The molecule has 2 aromatic heterocycles. The Morgan fingerprint density at radius 3 is 1.89 bits per heavy atom. The van der Waals surface area contributed by atoms with Gasteiger partial charge in [0.15, 0.2) is 0 Å². The number of aromatic nitrogens is 3. The average molecular weight is 482 g/mol. The van der Waals surface area contributed by atoms with Crippen LogP contribution in [0.1, 0.15) is 17.4 Å². The molecule has 0 aliphatic heterocycles. The molecule has 0 N–H and O–H groups in total. The number of methoxy groups -OCH3 is 2. The van der Waals surface area contributed by atoms with Crippen LogP contribution < -0.4 is 9.47 Å². The molecule has 0 saturated carbocycles. The average Bonchev–Trinajstić information content (AvgIpc) is 3.50. The maximum absolute atomic E-state index is 5.40. The van der Waals surface area contributed by atoms with Crippen LogP contribution in [0.4, 0.5) is 0 Å². The van der Waals surface area contributed by atoms with Crippen LogP contribution in [0.5, 0.6) is 11.5 Å². The van der Waals surface area contributed by atoms with Gasteiger partial charge in [-0.2, -0.15) is 5.10 Å². The number of ether oxygens (including phenoxy) is 2. The van der Waals surface area contributed by atoms with Gasteiger partial charge in [0.2, 0.25) is 5.13 Å². The van der Waals surface area contributed by atoms with Crippen LogP contribution in [-0.2, 0) is 6.42 Å². The number of thiazole rings is 1. The first-order valence-corrected chi connectivity index (χ1v) is 12.4. The van der Waals surface area contributed by atoms with E-state index in [0.717, 1.165) is 61.7 Å². The lowest BCUT2D eigenvalue weighted by atomic mass is 10.00. The largest absolute Gasteiger partial charge is 0.497 e. The Hall–Kier alpha value is -3.90. The molecule has 0 unspecified atom stereocenters. The summed E-state index contributed by atoms with van der Waals surface area (Å²) < 4.78 is 12.8. The summed E-state index contributed by atoms with van der Waals surface area (Å²) in [6.45, 7) is 4.29. The van der Waals surface area contributed by atoms with Gasteiger partial charge in [-0.3, -0.25) is 0 Å². The fraction of sp³-hybridized carbons (Fsp3) is 0.172. The lowest BCUT2D eigenvalue weighted by molar-refractivity contribution is 0.414. The van der Waals surface area contributed by atoms with E-state index in [0.29, 0.717) is 0 Å². The van der Waals surface area contributed by atoms with Gasteiger partial charge in [0.25, 0.3) is 0 Å². The highest BCUT2D eigenvalue weighted by molar-refractivity contribution is 7.14. The third-order valence-corrected chi connectivity index (χ3v) is 7.02. The predicted octanol–water partition coefficient (Wildman–Crippen LogP) is 7.22. The Balaban J connectivity index is 1.72. The van der Waals surface area contributed by atoms with E-state index in [2.05, 4.69) is 50.2 Å². The topological polar surface area (TPSA) is 49.2 Å². The summed E-state index contributed by atoms with van der Waals surface area (Å²) in [5.41, 5.74) is 7.40. The third kappa shape index (κ3) is 4.33. The van der Waals surface area contributed by atoms with Gasteiger partial charge in [0.1, 0.15) is 11.5 Å². The summed E-state index contributed by atoms with van der Waals surface area (Å²) in [6, 6.07) is 26.5. The van der Waals surface area contributed by atoms with Crippen molar-refractivity contribution in [2.24, 2.45) is 0 Å². The lowest BCUT2D eigenvalue weighted by Crippen LogP contribution is -2.00. The summed E-state index contributed by atoms with van der Waals surface area (Å²) in [4.78, 5) is 6.21. The van der Waals surface area contributed by atoms with Crippen molar-refractivity contribution in [3.8, 4) is 50.4 Å². The molecule has 5 rings (SSSR count). The number of benzene rings is 3. The van der Waals surface area contributed by atoms with Gasteiger partial charge in [0.05, 0.1) is 31.3 Å². The van der Waals surface area contributed by atoms with E-state index in [1.807, 2.05) is 47.1 Å². The van der Waals surface area contributed by atoms with Gasteiger partial charge in [-0.1, -0.05) is 48.6 Å². The molecule has 0 saturated heterocycles. The Morgan fingerprint density at radius 2 is 1.31 bits per heavy atom. The van der Waals surface area contributed by atoms with E-state index >= 15 is 0 Å². The second-order valence-corrected chi connectivity index (χ2v) is 9.35. The van der Waals surface area contributed by atoms with E-state index in [1.165, 1.54) is 5.56 Å². The van der Waals surface area contributed by atoms with Gasteiger partial charge in [-0.05, 0) is 61.9 Å². The van der Waals surface area contributed by atoms with E-state index < -0.39 is 0 Å². The highest BCUT2D eigenvalue weighted by Gasteiger charge is 2.23. The molecule has 0 aliphatic rings. The smallest absolute Gasteiger partial charge is 0.211 e. The summed E-state index contributed by atoms with van der Waals surface area (Å²) >= 11 is 1.66. The number of aryl methyl sites for hydroxylation is 1. The van der Waals surface area contributed by atoms with Crippen molar-refractivity contribution in [2.75, 3.05) is 14.2 Å². The molecule has 0 bridgehead atoms. The lowest BCUT2D eigenvalue weighted by Gasteiger charge is -2.08. The molecule has 2 heterocycles. The number of hydrogen-bond donors (Lipinski definition) is 0. The number of nitrogens with zero attached hydrogens (tertiary/aromatic N) is 3. The minimum atomic E-state index is 0.824. The van der Waals surface area contributed by atoms with Crippen molar-refractivity contribution in [1.29, 1.82) is 0 Å².